The zero-order valence-electron chi connectivity index (χ0n) is 12.0. The van der Waals surface area contributed by atoms with Crippen molar-refractivity contribution in [2.24, 2.45) is 5.84 Å². The average molecular weight is 266 g/mol. The lowest BCUT2D eigenvalue weighted by molar-refractivity contribution is -0.119. The monoisotopic (exact) mass is 266 g/mol. The minimum absolute atomic E-state index is 0.218. The van der Waals surface area contributed by atoms with Crippen molar-refractivity contribution >= 4 is 5.91 Å². The van der Waals surface area contributed by atoms with E-state index in [1.54, 1.807) is 0 Å². The molecule has 0 bridgehead atoms. The summed E-state index contributed by atoms with van der Waals surface area (Å²) in [7, 11) is 0. The number of nitrogens with two attached hydrogens (primary N) is 1. The van der Waals surface area contributed by atoms with Gasteiger partial charge in [-0.2, -0.15) is 0 Å². The van der Waals surface area contributed by atoms with E-state index in [-0.39, 0.29) is 5.91 Å². The van der Waals surface area contributed by atoms with Crippen LogP contribution < -0.4 is 16.0 Å². The second kappa shape index (κ2) is 12.9. The van der Waals surface area contributed by atoms with Crippen LogP contribution >= 0.6 is 0 Å². The second-order valence-electron chi connectivity index (χ2n) is 4.28. The van der Waals surface area contributed by atoms with Gasteiger partial charge in [-0.25, -0.2) is 5.84 Å². The topological polar surface area (TPSA) is 64.4 Å². The van der Waals surface area contributed by atoms with Gasteiger partial charge < -0.3 is 4.74 Å². The first-order valence-electron chi connectivity index (χ1n) is 6.85. The van der Waals surface area contributed by atoms with Gasteiger partial charge >= 0.3 is 0 Å². The maximum Gasteiger partial charge on any atom is 0.230 e. The van der Waals surface area contributed by atoms with Gasteiger partial charge in [0.05, 0.1) is 6.61 Å². The number of unbranched alkanes of at least 4 members (excludes halogenated alkanes) is 4. The number of nitrogens with one attached hydrogen (secondary N) is 1. The van der Waals surface area contributed by atoms with Crippen LogP contribution in [0.2, 0.25) is 0 Å². The molecule has 108 valence electrons. The fraction of sp³-hybridized carbons (Fsp3) is 0.533. The SMILES string of the molecule is CC(=O)NN.CCCCCCCOc1ccccc1. The van der Waals surface area contributed by atoms with E-state index in [1.165, 1.54) is 39.0 Å². The third kappa shape index (κ3) is 12.7. The Labute approximate surface area is 116 Å². The molecule has 3 N–H and O–H groups in total. The van der Waals surface area contributed by atoms with Crippen molar-refractivity contribution in [3.63, 3.8) is 0 Å². The Morgan fingerprint density at radius 1 is 1.16 bits per heavy atom. The van der Waals surface area contributed by atoms with Crippen molar-refractivity contribution < 1.29 is 9.53 Å². The zero-order chi connectivity index (χ0) is 14.3. The summed E-state index contributed by atoms with van der Waals surface area (Å²) in [6.07, 6.45) is 6.47. The largest absolute Gasteiger partial charge is 0.494 e. The van der Waals surface area contributed by atoms with Crippen molar-refractivity contribution in [1.82, 2.24) is 5.43 Å². The molecule has 4 nitrogen and oxygen atoms in total. The summed E-state index contributed by atoms with van der Waals surface area (Å²) in [5.74, 6) is 5.34. The molecule has 1 amide bonds. The molecule has 1 aromatic rings. The average Bonchev–Trinajstić information content (AvgIpc) is 2.44. The lowest BCUT2D eigenvalue weighted by Crippen LogP contribution is -2.26. The maximum atomic E-state index is 9.58. The third-order valence-corrected chi connectivity index (χ3v) is 2.46. The number of hydrazine groups is 1. The quantitative estimate of drug-likeness (QED) is 0.345. The number of hydrogen-bond donors (Lipinski definition) is 2. The van der Waals surface area contributed by atoms with Gasteiger partial charge in [-0.15, -0.1) is 0 Å². The van der Waals surface area contributed by atoms with Crippen LogP contribution in [0, 0.1) is 0 Å². The van der Waals surface area contributed by atoms with E-state index in [9.17, 15) is 4.79 Å². The summed E-state index contributed by atoms with van der Waals surface area (Å²) < 4.78 is 5.59. The molecule has 0 aromatic heterocycles. The minimum atomic E-state index is -0.218. The van der Waals surface area contributed by atoms with Gasteiger partial charge in [0.15, 0.2) is 0 Å². The molecule has 0 aliphatic rings. The summed E-state index contributed by atoms with van der Waals surface area (Å²) in [6.45, 7) is 4.44. The van der Waals surface area contributed by atoms with Crippen molar-refractivity contribution in [1.29, 1.82) is 0 Å². The highest BCUT2D eigenvalue weighted by atomic mass is 16.5. The fourth-order valence-electron chi connectivity index (χ4n) is 1.41. The summed E-state index contributed by atoms with van der Waals surface area (Å²) in [4.78, 5) is 9.58. The highest BCUT2D eigenvalue weighted by molar-refractivity contribution is 5.71. The van der Waals surface area contributed by atoms with E-state index >= 15 is 0 Å². The fourth-order valence-corrected chi connectivity index (χ4v) is 1.41. The maximum absolute atomic E-state index is 9.58. The number of carbonyl (C=O) groups excluding carboxylic acids is 1. The molecule has 0 heterocycles. The van der Waals surface area contributed by atoms with Gasteiger partial charge in [-0.05, 0) is 18.6 Å². The van der Waals surface area contributed by atoms with Crippen molar-refractivity contribution in [2.75, 3.05) is 6.61 Å². The molecular formula is C15H26N2O2. The van der Waals surface area contributed by atoms with Gasteiger partial charge in [-0.1, -0.05) is 50.8 Å². The lowest BCUT2D eigenvalue weighted by atomic mass is 10.2. The summed E-state index contributed by atoms with van der Waals surface area (Å²) in [5, 5.41) is 0. The number of amides is 1. The molecule has 0 saturated heterocycles. The highest BCUT2D eigenvalue weighted by Crippen LogP contribution is 2.09. The van der Waals surface area contributed by atoms with E-state index in [1.807, 2.05) is 35.8 Å². The Morgan fingerprint density at radius 3 is 2.26 bits per heavy atom. The predicted octanol–water partition coefficient (Wildman–Crippen LogP) is 3.03. The number of hydrogen-bond acceptors (Lipinski definition) is 3. The summed E-state index contributed by atoms with van der Waals surface area (Å²) >= 11 is 0. The van der Waals surface area contributed by atoms with Crippen LogP contribution in [-0.4, -0.2) is 12.5 Å². The molecule has 1 rings (SSSR count). The number of ether oxygens (including phenoxy) is 1. The minimum Gasteiger partial charge on any atom is -0.494 e. The smallest absolute Gasteiger partial charge is 0.230 e. The molecule has 0 spiro atoms. The molecule has 0 unspecified atom stereocenters. The van der Waals surface area contributed by atoms with Gasteiger partial charge in [-0.3, -0.25) is 10.2 Å². The first kappa shape index (κ1) is 17.4. The van der Waals surface area contributed by atoms with Crippen molar-refractivity contribution in [2.45, 2.75) is 46.0 Å². The van der Waals surface area contributed by atoms with Crippen LogP contribution in [0.4, 0.5) is 0 Å². The van der Waals surface area contributed by atoms with E-state index in [4.69, 9.17) is 4.74 Å². The molecule has 0 atom stereocenters. The Kier molecular flexibility index (Phi) is 11.8. The van der Waals surface area contributed by atoms with Crippen molar-refractivity contribution in [3.05, 3.63) is 30.3 Å². The first-order chi connectivity index (χ1) is 9.20. The number of benzene rings is 1. The molecule has 0 saturated carbocycles. The van der Waals surface area contributed by atoms with E-state index in [2.05, 4.69) is 12.8 Å². The molecule has 4 heteroatoms. The third-order valence-electron chi connectivity index (χ3n) is 2.46. The van der Waals surface area contributed by atoms with Crippen LogP contribution in [0.3, 0.4) is 0 Å². The van der Waals surface area contributed by atoms with E-state index in [0.717, 1.165) is 12.4 Å². The van der Waals surface area contributed by atoms with E-state index in [0.29, 0.717) is 0 Å². The number of rotatable bonds is 7. The molecule has 19 heavy (non-hydrogen) atoms. The number of carbonyl (C=O) groups is 1. The van der Waals surface area contributed by atoms with Crippen LogP contribution in [0.5, 0.6) is 5.75 Å². The molecular weight excluding hydrogens is 240 g/mol. The molecule has 0 fully saturated rings. The van der Waals surface area contributed by atoms with Crippen LogP contribution in [0.25, 0.3) is 0 Å². The Bertz CT molecular complexity index is 315. The Balaban J connectivity index is 0.000000555. The van der Waals surface area contributed by atoms with Crippen molar-refractivity contribution in [3.8, 4) is 5.75 Å². The summed E-state index contributed by atoms with van der Waals surface area (Å²) in [5.41, 5.74) is 1.89. The molecule has 0 aliphatic heterocycles. The zero-order valence-corrected chi connectivity index (χ0v) is 12.0. The normalized spacial score (nSPS) is 9.21. The predicted molar refractivity (Wildman–Crippen MR) is 78.7 cm³/mol. The van der Waals surface area contributed by atoms with E-state index < -0.39 is 0 Å². The molecule has 0 radical (unpaired) electrons. The van der Waals surface area contributed by atoms with Gasteiger partial charge in [0.1, 0.15) is 5.75 Å². The summed E-state index contributed by atoms with van der Waals surface area (Å²) in [6, 6.07) is 10.0. The Morgan fingerprint density at radius 2 is 1.74 bits per heavy atom. The second-order valence-corrected chi connectivity index (χ2v) is 4.28. The van der Waals surface area contributed by atoms with Crippen LogP contribution in [0.15, 0.2) is 30.3 Å². The highest BCUT2D eigenvalue weighted by Gasteiger charge is 1.91. The standard InChI is InChI=1S/C13H20O.C2H6N2O/c1-2-3-4-5-9-12-14-13-10-7-6-8-11-13;1-2(5)4-3/h6-8,10-11H,2-5,9,12H2,1H3;3H2,1H3,(H,4,5). The Hall–Kier alpha value is -1.55. The van der Waals surface area contributed by atoms with Gasteiger partial charge in [0, 0.05) is 6.92 Å². The molecule has 1 aromatic carbocycles. The first-order valence-corrected chi connectivity index (χ1v) is 6.85. The van der Waals surface area contributed by atoms with Gasteiger partial charge in [0.25, 0.3) is 0 Å². The lowest BCUT2D eigenvalue weighted by Gasteiger charge is -2.04. The molecule has 0 aliphatic carbocycles. The van der Waals surface area contributed by atoms with Crippen LogP contribution in [-0.2, 0) is 4.79 Å². The van der Waals surface area contributed by atoms with Gasteiger partial charge in [0.2, 0.25) is 5.91 Å². The number of para-hydroxylation sites is 1. The van der Waals surface area contributed by atoms with Crippen LogP contribution in [0.1, 0.15) is 46.0 Å².